The average molecular weight is 531 g/mol. The zero-order valence-electron chi connectivity index (χ0n) is 20.1. The van der Waals surface area contributed by atoms with E-state index in [1.807, 2.05) is 25.1 Å². The Bertz CT molecular complexity index is 1260. The molecule has 0 spiro atoms. The Kier molecular flexibility index (Phi) is 9.74. The van der Waals surface area contributed by atoms with Gasteiger partial charge in [-0.2, -0.15) is 18.3 Å². The van der Waals surface area contributed by atoms with Gasteiger partial charge in [-0.05, 0) is 60.4 Å². The molecule has 194 valence electrons. The van der Waals surface area contributed by atoms with E-state index in [0.29, 0.717) is 41.7 Å². The van der Waals surface area contributed by atoms with Gasteiger partial charge in [0.25, 0.3) is 0 Å². The number of hydrogen-bond donors (Lipinski definition) is 1. The molecule has 5 nitrogen and oxygen atoms in total. The van der Waals surface area contributed by atoms with Crippen LogP contribution in [0.25, 0.3) is 0 Å². The summed E-state index contributed by atoms with van der Waals surface area (Å²) in [7, 11) is 0. The Morgan fingerprint density at radius 3 is 2.51 bits per heavy atom. The molecule has 9 heteroatoms. The van der Waals surface area contributed by atoms with E-state index < -0.39 is 17.6 Å². The number of amides is 1. The van der Waals surface area contributed by atoms with Gasteiger partial charge in [-0.1, -0.05) is 48.0 Å². The van der Waals surface area contributed by atoms with Gasteiger partial charge in [-0.15, -0.1) is 6.58 Å². The molecule has 1 N–H and O–H groups in total. The molecule has 0 heterocycles. The lowest BCUT2D eigenvalue weighted by atomic mass is 10.1. The normalized spacial score (nSPS) is 11.4. The number of carbonyl (C=O) groups is 1. The van der Waals surface area contributed by atoms with Crippen LogP contribution in [0.1, 0.15) is 34.7 Å². The summed E-state index contributed by atoms with van der Waals surface area (Å²) in [4.78, 5) is 12.2. The zero-order chi connectivity index (χ0) is 26.8. The van der Waals surface area contributed by atoms with Crippen LogP contribution in [-0.2, 0) is 30.4 Å². The first kappa shape index (κ1) is 27.8. The number of benzene rings is 3. The molecule has 3 aromatic carbocycles. The molecule has 1 amide bonds. The van der Waals surface area contributed by atoms with E-state index in [-0.39, 0.29) is 12.0 Å². The third kappa shape index (κ3) is 8.39. The maximum Gasteiger partial charge on any atom is 0.416 e. The van der Waals surface area contributed by atoms with Crippen molar-refractivity contribution in [3.8, 4) is 11.5 Å². The number of ether oxygens (including phenoxy) is 2. The molecule has 0 aliphatic rings. The predicted octanol–water partition coefficient (Wildman–Crippen LogP) is 6.76. The minimum absolute atomic E-state index is 0.233. The van der Waals surface area contributed by atoms with E-state index in [9.17, 15) is 18.0 Å². The molecule has 3 aromatic rings. The van der Waals surface area contributed by atoms with E-state index in [4.69, 9.17) is 21.1 Å². The van der Waals surface area contributed by atoms with Gasteiger partial charge in [0.05, 0.1) is 24.8 Å². The third-order valence-electron chi connectivity index (χ3n) is 5.14. The van der Waals surface area contributed by atoms with Crippen molar-refractivity contribution in [2.75, 3.05) is 6.61 Å². The number of nitrogens with one attached hydrogen (secondary N) is 1. The van der Waals surface area contributed by atoms with Crippen LogP contribution in [-0.4, -0.2) is 18.7 Å². The predicted molar refractivity (Wildman–Crippen MR) is 138 cm³/mol. The van der Waals surface area contributed by atoms with Crippen LogP contribution in [0.5, 0.6) is 11.5 Å². The summed E-state index contributed by atoms with van der Waals surface area (Å²) in [6.45, 7) is 6.36. The van der Waals surface area contributed by atoms with Gasteiger partial charge in [0, 0.05) is 10.6 Å². The molecule has 0 saturated heterocycles. The lowest BCUT2D eigenvalue weighted by molar-refractivity contribution is -0.137. The van der Waals surface area contributed by atoms with Gasteiger partial charge in [0.15, 0.2) is 11.5 Å². The summed E-state index contributed by atoms with van der Waals surface area (Å²) in [5.74, 6) is 0.532. The Balaban J connectivity index is 1.73. The summed E-state index contributed by atoms with van der Waals surface area (Å²) in [6, 6.07) is 15.5. The van der Waals surface area contributed by atoms with Crippen molar-refractivity contribution in [3.05, 3.63) is 106 Å². The number of rotatable bonds is 11. The fourth-order valence-electron chi connectivity index (χ4n) is 3.49. The molecule has 0 unspecified atom stereocenters. The molecular weight excluding hydrogens is 505 g/mol. The first-order valence-corrected chi connectivity index (χ1v) is 11.8. The standard InChI is InChI=1S/C28H26ClF3N2O3/c1-3-6-22-13-21(15-25(36-4-2)27(22)37-18-19-9-11-24(29)12-10-19)17-33-34-26(35)16-20-7-5-8-23(14-20)28(30,31)32/h3,5,7-15,17H,1,4,6,16,18H2,2H3,(H,34,35)/b33-17-. The molecule has 0 aliphatic carbocycles. The molecular formula is C28H26ClF3N2O3. The Hall–Kier alpha value is -3.78. The maximum absolute atomic E-state index is 12.9. The lowest BCUT2D eigenvalue weighted by Crippen LogP contribution is -2.20. The number of hydrazone groups is 1. The largest absolute Gasteiger partial charge is 0.490 e. The number of hydrogen-bond acceptors (Lipinski definition) is 4. The summed E-state index contributed by atoms with van der Waals surface area (Å²) in [6.07, 6.45) is -1.05. The lowest BCUT2D eigenvalue weighted by Gasteiger charge is -2.17. The second-order valence-electron chi connectivity index (χ2n) is 8.02. The molecule has 3 rings (SSSR count). The first-order chi connectivity index (χ1) is 17.7. The topological polar surface area (TPSA) is 59.9 Å². The van der Waals surface area contributed by atoms with Gasteiger partial charge in [-0.3, -0.25) is 4.79 Å². The maximum atomic E-state index is 12.9. The number of carbonyl (C=O) groups excluding carboxylic acids is 1. The average Bonchev–Trinajstić information content (AvgIpc) is 2.84. The smallest absolute Gasteiger partial charge is 0.416 e. The van der Waals surface area contributed by atoms with Crippen molar-refractivity contribution in [3.63, 3.8) is 0 Å². The van der Waals surface area contributed by atoms with Crippen molar-refractivity contribution < 1.29 is 27.4 Å². The Morgan fingerprint density at radius 2 is 1.84 bits per heavy atom. The van der Waals surface area contributed by atoms with Crippen molar-refractivity contribution in [2.24, 2.45) is 5.10 Å². The zero-order valence-corrected chi connectivity index (χ0v) is 20.9. The van der Waals surface area contributed by atoms with Gasteiger partial charge in [-0.25, -0.2) is 5.43 Å². The highest BCUT2D eigenvalue weighted by atomic mass is 35.5. The molecule has 0 bridgehead atoms. The van der Waals surface area contributed by atoms with Gasteiger partial charge < -0.3 is 9.47 Å². The molecule has 0 aromatic heterocycles. The SMILES string of the molecule is C=CCc1cc(/C=N\NC(=O)Cc2cccc(C(F)(F)F)c2)cc(OCC)c1OCc1ccc(Cl)cc1. The highest BCUT2D eigenvalue weighted by Gasteiger charge is 2.30. The monoisotopic (exact) mass is 530 g/mol. The van der Waals surface area contributed by atoms with E-state index in [1.165, 1.54) is 18.3 Å². The van der Waals surface area contributed by atoms with Crippen molar-refractivity contribution in [2.45, 2.75) is 32.5 Å². The van der Waals surface area contributed by atoms with Crippen molar-refractivity contribution in [1.29, 1.82) is 0 Å². The molecule has 0 atom stereocenters. The summed E-state index contributed by atoms with van der Waals surface area (Å²) in [5.41, 5.74) is 4.16. The number of allylic oxidation sites excluding steroid dienone is 1. The summed E-state index contributed by atoms with van der Waals surface area (Å²) < 4.78 is 50.6. The second-order valence-corrected chi connectivity index (χ2v) is 8.45. The number of alkyl halides is 3. The van der Waals surface area contributed by atoms with Crippen molar-refractivity contribution in [1.82, 2.24) is 5.43 Å². The third-order valence-corrected chi connectivity index (χ3v) is 5.39. The highest BCUT2D eigenvalue weighted by molar-refractivity contribution is 6.30. The minimum atomic E-state index is -4.48. The Morgan fingerprint density at radius 1 is 1.08 bits per heavy atom. The van der Waals surface area contributed by atoms with E-state index >= 15 is 0 Å². The molecule has 0 aliphatic heterocycles. The summed E-state index contributed by atoms with van der Waals surface area (Å²) >= 11 is 5.95. The highest BCUT2D eigenvalue weighted by Crippen LogP contribution is 2.34. The van der Waals surface area contributed by atoms with Crippen LogP contribution in [0.4, 0.5) is 13.2 Å². The van der Waals surface area contributed by atoms with Crippen molar-refractivity contribution >= 4 is 23.7 Å². The van der Waals surface area contributed by atoms with Crippen LogP contribution >= 0.6 is 11.6 Å². The quantitative estimate of drug-likeness (QED) is 0.169. The second kappa shape index (κ2) is 13.0. The van der Waals surface area contributed by atoms with Crippen LogP contribution in [0.2, 0.25) is 5.02 Å². The fraction of sp³-hybridized carbons (Fsp3) is 0.214. The van der Waals surface area contributed by atoms with E-state index in [1.54, 1.807) is 24.3 Å². The molecule has 0 saturated carbocycles. The fourth-order valence-corrected chi connectivity index (χ4v) is 3.62. The number of nitrogens with zero attached hydrogens (tertiary/aromatic N) is 1. The Labute approximate surface area is 218 Å². The van der Waals surface area contributed by atoms with E-state index in [2.05, 4.69) is 17.1 Å². The van der Waals surface area contributed by atoms with Crippen LogP contribution in [0, 0.1) is 0 Å². The summed E-state index contributed by atoms with van der Waals surface area (Å²) in [5, 5.41) is 4.60. The van der Waals surface area contributed by atoms with E-state index in [0.717, 1.165) is 23.3 Å². The number of halogens is 4. The van der Waals surface area contributed by atoms with Crippen LogP contribution in [0.3, 0.4) is 0 Å². The minimum Gasteiger partial charge on any atom is -0.490 e. The molecule has 0 radical (unpaired) electrons. The van der Waals surface area contributed by atoms with Crippen LogP contribution < -0.4 is 14.9 Å². The van der Waals surface area contributed by atoms with Gasteiger partial charge in [0.2, 0.25) is 5.91 Å². The molecule has 37 heavy (non-hydrogen) atoms. The van der Waals surface area contributed by atoms with Gasteiger partial charge >= 0.3 is 6.18 Å². The van der Waals surface area contributed by atoms with Crippen LogP contribution in [0.15, 0.2) is 78.4 Å². The van der Waals surface area contributed by atoms with Gasteiger partial charge in [0.1, 0.15) is 6.61 Å². The first-order valence-electron chi connectivity index (χ1n) is 11.5. The molecule has 0 fully saturated rings.